The van der Waals surface area contributed by atoms with Crippen molar-refractivity contribution in [3.63, 3.8) is 0 Å². The number of aromatic nitrogens is 1. The predicted molar refractivity (Wildman–Crippen MR) is 114 cm³/mol. The van der Waals surface area contributed by atoms with Gasteiger partial charge in [0.1, 0.15) is 17.4 Å². The number of pyridine rings is 1. The largest absolute Gasteiger partial charge is 0.368 e. The molecule has 4 rings (SSSR count). The summed E-state index contributed by atoms with van der Waals surface area (Å²) in [5.74, 6) is -0.656. The van der Waals surface area contributed by atoms with Gasteiger partial charge in [-0.05, 0) is 45.6 Å². The molecule has 0 radical (unpaired) electrons. The summed E-state index contributed by atoms with van der Waals surface area (Å²) in [7, 11) is 0. The van der Waals surface area contributed by atoms with Gasteiger partial charge >= 0.3 is 0 Å². The van der Waals surface area contributed by atoms with Crippen LogP contribution in [-0.2, 0) is 4.79 Å². The van der Waals surface area contributed by atoms with E-state index in [-0.39, 0.29) is 11.4 Å². The van der Waals surface area contributed by atoms with E-state index in [1.807, 2.05) is 29.0 Å². The first-order valence-corrected chi connectivity index (χ1v) is 9.67. The van der Waals surface area contributed by atoms with Gasteiger partial charge in [0.25, 0.3) is 10.9 Å². The molecule has 0 spiro atoms. The smallest absolute Gasteiger partial charge is 0.253 e. The number of carbonyl (C=O) groups is 1. The van der Waals surface area contributed by atoms with Crippen LogP contribution >= 0.6 is 11.3 Å². The van der Waals surface area contributed by atoms with Gasteiger partial charge in [-0.1, -0.05) is 24.3 Å². The first kappa shape index (κ1) is 18.6. The summed E-state index contributed by atoms with van der Waals surface area (Å²) in [5.41, 5.74) is 7.64. The van der Waals surface area contributed by atoms with E-state index in [0.717, 1.165) is 11.1 Å². The summed E-state index contributed by atoms with van der Waals surface area (Å²) < 4.78 is 0. The Morgan fingerprint density at radius 1 is 0.931 bits per heavy atom. The Kier molecular flexibility index (Phi) is 4.92. The number of primary amides is 1. The van der Waals surface area contributed by atoms with Gasteiger partial charge in [-0.15, -0.1) is 0 Å². The van der Waals surface area contributed by atoms with Crippen LogP contribution in [0.15, 0.2) is 75.2 Å². The minimum Gasteiger partial charge on any atom is -0.368 e. The van der Waals surface area contributed by atoms with E-state index in [1.54, 1.807) is 48.0 Å². The highest BCUT2D eigenvalue weighted by Crippen LogP contribution is 2.27. The zero-order valence-corrected chi connectivity index (χ0v) is 15.9. The predicted octanol–water partition coefficient (Wildman–Crippen LogP) is 2.79. The third-order valence-corrected chi connectivity index (χ3v) is 5.21. The number of rotatable bonds is 7. The summed E-state index contributed by atoms with van der Waals surface area (Å²) in [5, 5.41) is 9.73. The Morgan fingerprint density at radius 2 is 1.62 bits per heavy atom. The molecule has 0 saturated carbocycles. The van der Waals surface area contributed by atoms with Crippen LogP contribution in [0.1, 0.15) is 11.6 Å². The summed E-state index contributed by atoms with van der Waals surface area (Å²) in [6.07, 6.45) is 3.12. The molecule has 0 fully saturated rings. The number of nitrogens with zero attached hydrogens (tertiary/aromatic N) is 1. The average Bonchev–Trinajstić information content (AvgIpc) is 3.28. The molecule has 1 atom stereocenters. The summed E-state index contributed by atoms with van der Waals surface area (Å²) in [6.45, 7) is 0. The molecular weight excluding hydrogens is 388 g/mol. The summed E-state index contributed by atoms with van der Waals surface area (Å²) >= 11 is 1.60. The van der Waals surface area contributed by atoms with Crippen molar-refractivity contribution in [2.24, 2.45) is 5.73 Å². The first-order valence-electron chi connectivity index (χ1n) is 8.73. The second-order valence-corrected chi connectivity index (χ2v) is 7.16. The minimum atomic E-state index is -0.951. The van der Waals surface area contributed by atoms with Crippen LogP contribution in [-0.4, -0.2) is 10.9 Å². The van der Waals surface area contributed by atoms with E-state index in [1.165, 1.54) is 0 Å². The third kappa shape index (κ3) is 3.65. The van der Waals surface area contributed by atoms with Crippen LogP contribution in [0.25, 0.3) is 11.1 Å². The van der Waals surface area contributed by atoms with Crippen molar-refractivity contribution >= 4 is 34.3 Å². The van der Waals surface area contributed by atoms with Crippen LogP contribution in [0.5, 0.6) is 0 Å². The van der Waals surface area contributed by atoms with E-state index < -0.39 is 22.8 Å². The van der Waals surface area contributed by atoms with Gasteiger partial charge < -0.3 is 16.4 Å². The van der Waals surface area contributed by atoms with Gasteiger partial charge in [-0.3, -0.25) is 19.4 Å². The van der Waals surface area contributed by atoms with E-state index >= 15 is 0 Å². The van der Waals surface area contributed by atoms with Crippen molar-refractivity contribution in [2.75, 3.05) is 10.6 Å². The summed E-state index contributed by atoms with van der Waals surface area (Å²) in [4.78, 5) is 40.0. The van der Waals surface area contributed by atoms with Crippen molar-refractivity contribution in [1.82, 2.24) is 4.98 Å². The van der Waals surface area contributed by atoms with Gasteiger partial charge in [0.05, 0.1) is 0 Å². The van der Waals surface area contributed by atoms with Gasteiger partial charge in [0.15, 0.2) is 0 Å². The fourth-order valence-electron chi connectivity index (χ4n) is 2.99. The quantitative estimate of drug-likeness (QED) is 0.408. The van der Waals surface area contributed by atoms with Crippen molar-refractivity contribution in [1.29, 1.82) is 0 Å². The Labute approximate surface area is 169 Å². The lowest BCUT2D eigenvalue weighted by Crippen LogP contribution is -2.39. The SMILES string of the molecule is NC(=O)C(Nc1c(Nc2ccncc2)c(=O)c1=O)c1ccc(-c2ccsc2)cc1. The molecule has 7 nitrogen and oxygen atoms in total. The van der Waals surface area contributed by atoms with E-state index in [4.69, 9.17) is 5.73 Å². The molecule has 0 bridgehead atoms. The Bertz CT molecular complexity index is 1210. The van der Waals surface area contributed by atoms with Crippen LogP contribution in [0.2, 0.25) is 0 Å². The van der Waals surface area contributed by atoms with Crippen LogP contribution in [0, 0.1) is 0 Å². The molecule has 0 saturated heterocycles. The first-order chi connectivity index (χ1) is 14.0. The molecule has 29 heavy (non-hydrogen) atoms. The number of carbonyl (C=O) groups excluding carboxylic acids is 1. The number of nitrogens with two attached hydrogens (primary N) is 1. The van der Waals surface area contributed by atoms with Crippen molar-refractivity contribution < 1.29 is 4.79 Å². The number of benzene rings is 1. The normalized spacial score (nSPS) is 11.9. The fraction of sp³-hybridized carbons (Fsp3) is 0.0476. The second kappa shape index (κ2) is 7.69. The number of thiophene rings is 1. The van der Waals surface area contributed by atoms with E-state index in [9.17, 15) is 14.4 Å². The van der Waals surface area contributed by atoms with E-state index in [2.05, 4.69) is 15.6 Å². The molecule has 2 heterocycles. The number of hydrogen-bond acceptors (Lipinski definition) is 7. The molecule has 1 unspecified atom stereocenters. The Balaban J connectivity index is 1.60. The molecule has 1 amide bonds. The zero-order valence-electron chi connectivity index (χ0n) is 15.1. The molecule has 144 valence electrons. The Hall–Kier alpha value is -3.78. The highest BCUT2D eigenvalue weighted by atomic mass is 32.1. The molecular formula is C21H16N4O3S. The standard InChI is InChI=1S/C21H16N4O3S/c22-21(28)16(13-3-1-12(2-4-13)14-7-10-29-11-14)25-18-17(19(26)20(18)27)24-15-5-8-23-9-6-15/h1-11,16,25H,(H2,22,28)(H,23,24). The molecule has 4 N–H and O–H groups in total. The summed E-state index contributed by atoms with van der Waals surface area (Å²) in [6, 6.07) is 11.7. The molecule has 8 heteroatoms. The number of amides is 1. The van der Waals surface area contributed by atoms with Crippen molar-refractivity contribution in [3.05, 3.63) is 91.6 Å². The average molecular weight is 404 g/mol. The second-order valence-electron chi connectivity index (χ2n) is 6.38. The van der Waals surface area contributed by atoms with Crippen LogP contribution < -0.4 is 27.2 Å². The highest BCUT2D eigenvalue weighted by Gasteiger charge is 2.26. The van der Waals surface area contributed by atoms with Crippen LogP contribution in [0.4, 0.5) is 17.1 Å². The molecule has 0 aliphatic carbocycles. The monoisotopic (exact) mass is 404 g/mol. The minimum absolute atomic E-state index is 0.0394. The highest BCUT2D eigenvalue weighted by molar-refractivity contribution is 7.08. The maximum absolute atomic E-state index is 12.1. The molecule has 4 aromatic rings. The number of anilines is 3. The van der Waals surface area contributed by atoms with Gasteiger partial charge in [-0.2, -0.15) is 11.3 Å². The zero-order chi connectivity index (χ0) is 20.4. The van der Waals surface area contributed by atoms with Crippen LogP contribution in [0.3, 0.4) is 0 Å². The van der Waals surface area contributed by atoms with Gasteiger partial charge in [0, 0.05) is 18.1 Å². The molecule has 0 aliphatic rings. The third-order valence-electron chi connectivity index (χ3n) is 4.53. The fourth-order valence-corrected chi connectivity index (χ4v) is 3.65. The van der Waals surface area contributed by atoms with Crippen molar-refractivity contribution in [2.45, 2.75) is 6.04 Å². The van der Waals surface area contributed by atoms with Gasteiger partial charge in [0.2, 0.25) is 5.91 Å². The lowest BCUT2D eigenvalue weighted by molar-refractivity contribution is -0.118. The van der Waals surface area contributed by atoms with Gasteiger partial charge in [-0.25, -0.2) is 0 Å². The van der Waals surface area contributed by atoms with Crippen molar-refractivity contribution in [3.8, 4) is 11.1 Å². The lowest BCUT2D eigenvalue weighted by atomic mass is 10.0. The molecule has 0 aliphatic heterocycles. The Morgan fingerprint density at radius 3 is 2.24 bits per heavy atom. The van der Waals surface area contributed by atoms with E-state index in [0.29, 0.717) is 11.3 Å². The lowest BCUT2D eigenvalue weighted by Gasteiger charge is -2.21. The number of nitrogens with one attached hydrogen (secondary N) is 2. The number of hydrogen-bond donors (Lipinski definition) is 3. The molecule has 2 aromatic heterocycles. The molecule has 2 aromatic carbocycles. The maximum atomic E-state index is 12.1. The topological polar surface area (TPSA) is 114 Å². The maximum Gasteiger partial charge on any atom is 0.253 e.